The first-order chi connectivity index (χ1) is 16.4. The Bertz CT molecular complexity index is 1450. The van der Waals surface area contributed by atoms with E-state index in [4.69, 9.17) is 10.2 Å². The van der Waals surface area contributed by atoms with Gasteiger partial charge in [-0.25, -0.2) is 4.68 Å². The Morgan fingerprint density at radius 1 is 0.912 bits per heavy atom. The van der Waals surface area contributed by atoms with E-state index in [1.807, 2.05) is 71.0 Å². The van der Waals surface area contributed by atoms with Crippen LogP contribution in [0, 0.1) is 13.8 Å². The summed E-state index contributed by atoms with van der Waals surface area (Å²) in [5, 5.41) is 21.6. The van der Waals surface area contributed by atoms with E-state index >= 15 is 0 Å². The number of hydrogen-bond donors (Lipinski definition) is 1. The van der Waals surface area contributed by atoms with Gasteiger partial charge in [-0.05, 0) is 43.5 Å². The average molecular weight is 452 g/mol. The lowest BCUT2D eigenvalue weighted by Gasteiger charge is -2.10. The highest BCUT2D eigenvalue weighted by Gasteiger charge is 2.22. The molecule has 5 rings (SSSR count). The first kappa shape index (κ1) is 22.0. The number of aliphatic hydroxyl groups is 1. The molecule has 1 atom stereocenters. The van der Waals surface area contributed by atoms with E-state index in [2.05, 4.69) is 37.9 Å². The molecule has 6 nitrogen and oxygen atoms in total. The molecule has 3 aromatic heterocycles. The van der Waals surface area contributed by atoms with Gasteiger partial charge in [0.15, 0.2) is 0 Å². The number of fused-ring (bicyclic) bond motifs is 1. The molecule has 6 heteroatoms. The summed E-state index contributed by atoms with van der Waals surface area (Å²) in [4.78, 5) is 4.46. The fraction of sp³-hybridized carbons (Fsp3) is 0.250. The van der Waals surface area contributed by atoms with Gasteiger partial charge >= 0.3 is 0 Å². The van der Waals surface area contributed by atoms with Crippen molar-refractivity contribution in [3.05, 3.63) is 95.6 Å². The number of aliphatic hydroxyl groups excluding tert-OH is 1. The van der Waals surface area contributed by atoms with Gasteiger partial charge in [-0.15, -0.1) is 0 Å². The number of pyridine rings is 1. The maximum atomic E-state index is 10.7. The molecule has 2 aromatic carbocycles. The Hall–Kier alpha value is -3.77. The Morgan fingerprint density at radius 2 is 1.71 bits per heavy atom. The third-order valence-electron chi connectivity index (χ3n) is 6.34. The molecule has 0 saturated carbocycles. The smallest absolute Gasteiger partial charge is 0.0985 e. The molecule has 0 aliphatic rings. The van der Waals surface area contributed by atoms with Gasteiger partial charge in [0.1, 0.15) is 0 Å². The van der Waals surface area contributed by atoms with Gasteiger partial charge in [-0.3, -0.25) is 9.67 Å². The lowest BCUT2D eigenvalue weighted by atomic mass is 9.95. The second-order valence-corrected chi connectivity index (χ2v) is 9.04. The quantitative estimate of drug-likeness (QED) is 0.356. The average Bonchev–Trinajstić information content (AvgIpc) is 3.40. The molecule has 5 aromatic rings. The van der Waals surface area contributed by atoms with Crippen LogP contribution in [0.1, 0.15) is 48.4 Å². The molecule has 3 heterocycles. The van der Waals surface area contributed by atoms with Gasteiger partial charge in [0.2, 0.25) is 0 Å². The van der Waals surface area contributed by atoms with Crippen molar-refractivity contribution in [1.82, 2.24) is 24.5 Å². The van der Waals surface area contributed by atoms with Crippen LogP contribution in [0.2, 0.25) is 0 Å². The summed E-state index contributed by atoms with van der Waals surface area (Å²) in [7, 11) is 0. The molecule has 0 bridgehead atoms. The molecule has 0 aliphatic heterocycles. The van der Waals surface area contributed by atoms with Crippen LogP contribution < -0.4 is 0 Å². The zero-order chi connectivity index (χ0) is 23.8. The number of aromatic nitrogens is 5. The number of aryl methyl sites for hydroxylation is 1. The summed E-state index contributed by atoms with van der Waals surface area (Å²) in [5.41, 5.74) is 8.04. The second-order valence-electron chi connectivity index (χ2n) is 9.04. The fourth-order valence-electron chi connectivity index (χ4n) is 4.69. The molecule has 0 saturated heterocycles. The SMILES string of the molecule is Cc1ncccc1-n1nc(-c2cccc3nn(C[C@H](O)c4ccccc4)cc23)c(C(C)C)c1C. The van der Waals surface area contributed by atoms with Crippen molar-refractivity contribution in [3.63, 3.8) is 0 Å². The third-order valence-corrected chi connectivity index (χ3v) is 6.34. The van der Waals surface area contributed by atoms with E-state index in [1.165, 1.54) is 5.56 Å². The van der Waals surface area contributed by atoms with Gasteiger partial charge < -0.3 is 5.11 Å². The zero-order valence-corrected chi connectivity index (χ0v) is 20.0. The molecule has 34 heavy (non-hydrogen) atoms. The first-order valence-electron chi connectivity index (χ1n) is 11.6. The van der Waals surface area contributed by atoms with Gasteiger partial charge in [-0.1, -0.05) is 56.3 Å². The predicted molar refractivity (Wildman–Crippen MR) is 135 cm³/mol. The Labute approximate surface area is 199 Å². The molecule has 0 amide bonds. The minimum absolute atomic E-state index is 0.297. The summed E-state index contributed by atoms with van der Waals surface area (Å²) in [5.74, 6) is 0.297. The van der Waals surface area contributed by atoms with Crippen LogP contribution in [-0.4, -0.2) is 29.7 Å². The van der Waals surface area contributed by atoms with E-state index in [1.54, 1.807) is 6.20 Å². The van der Waals surface area contributed by atoms with Crippen molar-refractivity contribution in [2.45, 2.75) is 46.3 Å². The normalized spacial score (nSPS) is 12.5. The van der Waals surface area contributed by atoms with E-state index in [-0.39, 0.29) is 0 Å². The third kappa shape index (κ3) is 3.90. The topological polar surface area (TPSA) is 68.8 Å². The lowest BCUT2D eigenvalue weighted by molar-refractivity contribution is 0.152. The molecule has 0 fully saturated rings. The summed E-state index contributed by atoms with van der Waals surface area (Å²) < 4.78 is 3.84. The molecule has 172 valence electrons. The molecule has 1 N–H and O–H groups in total. The summed E-state index contributed by atoms with van der Waals surface area (Å²) in [6, 6.07) is 19.8. The van der Waals surface area contributed by atoms with E-state index < -0.39 is 6.10 Å². The van der Waals surface area contributed by atoms with Crippen LogP contribution in [0.5, 0.6) is 0 Å². The largest absolute Gasteiger partial charge is 0.386 e. The monoisotopic (exact) mass is 451 g/mol. The first-order valence-corrected chi connectivity index (χ1v) is 11.6. The summed E-state index contributed by atoms with van der Waals surface area (Å²) >= 11 is 0. The maximum Gasteiger partial charge on any atom is 0.0985 e. The molecular weight excluding hydrogens is 422 g/mol. The van der Waals surface area contributed by atoms with Crippen LogP contribution in [0.3, 0.4) is 0 Å². The van der Waals surface area contributed by atoms with Crippen molar-refractivity contribution in [1.29, 1.82) is 0 Å². The van der Waals surface area contributed by atoms with Crippen molar-refractivity contribution < 1.29 is 5.11 Å². The van der Waals surface area contributed by atoms with E-state index in [0.29, 0.717) is 12.5 Å². The van der Waals surface area contributed by atoms with Crippen LogP contribution >= 0.6 is 0 Å². The minimum Gasteiger partial charge on any atom is -0.386 e. The molecule has 0 radical (unpaired) electrons. The summed E-state index contributed by atoms with van der Waals surface area (Å²) in [6.07, 6.45) is 3.20. The molecule has 0 spiro atoms. The highest BCUT2D eigenvalue weighted by atomic mass is 16.3. The number of nitrogens with zero attached hydrogens (tertiary/aromatic N) is 5. The molecule has 0 unspecified atom stereocenters. The number of rotatable bonds is 6. The van der Waals surface area contributed by atoms with Gasteiger partial charge in [0.05, 0.1) is 35.2 Å². The van der Waals surface area contributed by atoms with Gasteiger partial charge in [0.25, 0.3) is 0 Å². The van der Waals surface area contributed by atoms with Crippen molar-refractivity contribution in [2.75, 3.05) is 0 Å². The summed E-state index contributed by atoms with van der Waals surface area (Å²) in [6.45, 7) is 8.92. The van der Waals surface area contributed by atoms with Crippen molar-refractivity contribution in [2.24, 2.45) is 0 Å². The zero-order valence-electron chi connectivity index (χ0n) is 20.0. The van der Waals surface area contributed by atoms with E-state index in [9.17, 15) is 5.11 Å². The molecular formula is C28H29N5O. The Kier molecular flexibility index (Phi) is 5.75. The predicted octanol–water partition coefficient (Wildman–Crippen LogP) is 5.76. The van der Waals surface area contributed by atoms with Crippen molar-refractivity contribution in [3.8, 4) is 16.9 Å². The number of hydrogen-bond acceptors (Lipinski definition) is 4. The Morgan fingerprint density at radius 3 is 2.44 bits per heavy atom. The van der Waals surface area contributed by atoms with Crippen LogP contribution in [0.4, 0.5) is 0 Å². The minimum atomic E-state index is -0.625. The second kappa shape index (κ2) is 8.88. The highest BCUT2D eigenvalue weighted by molar-refractivity contribution is 5.94. The van der Waals surface area contributed by atoms with Crippen LogP contribution in [0.15, 0.2) is 73.1 Å². The van der Waals surface area contributed by atoms with Crippen molar-refractivity contribution >= 4 is 10.9 Å². The van der Waals surface area contributed by atoms with Gasteiger partial charge in [0, 0.05) is 34.6 Å². The molecule has 0 aliphatic carbocycles. The lowest BCUT2D eigenvalue weighted by Crippen LogP contribution is -2.08. The highest BCUT2D eigenvalue weighted by Crippen LogP contribution is 2.36. The maximum absolute atomic E-state index is 10.7. The van der Waals surface area contributed by atoms with Crippen LogP contribution in [-0.2, 0) is 6.54 Å². The van der Waals surface area contributed by atoms with E-state index in [0.717, 1.165) is 44.8 Å². The number of benzene rings is 2. The fourth-order valence-corrected chi connectivity index (χ4v) is 4.69. The Balaban J connectivity index is 1.61. The van der Waals surface area contributed by atoms with Crippen LogP contribution in [0.25, 0.3) is 27.8 Å². The standard InChI is InChI=1S/C28H29N5O/c1-18(2)27-20(4)33(25-14-9-15-29-19(25)3)31-28(27)22-12-8-13-24-23(22)16-32(30-24)17-26(34)21-10-6-5-7-11-21/h5-16,18,26,34H,17H2,1-4H3/t26-/m0/s1. The van der Waals surface area contributed by atoms with Gasteiger partial charge in [-0.2, -0.15) is 10.2 Å².